The van der Waals surface area contributed by atoms with Crippen molar-refractivity contribution in [3.8, 4) is 0 Å². The first kappa shape index (κ1) is 10.4. The van der Waals surface area contributed by atoms with Gasteiger partial charge in [0, 0.05) is 6.61 Å². The summed E-state index contributed by atoms with van der Waals surface area (Å²) in [6.45, 7) is 3.21. The van der Waals surface area contributed by atoms with Crippen LogP contribution in [0.15, 0.2) is 0 Å². The Morgan fingerprint density at radius 1 is 1.00 bits per heavy atom. The molecule has 0 radical (unpaired) electrons. The minimum Gasteiger partial charge on any atom is -0.353 e. The molecule has 0 aromatic rings. The van der Waals surface area contributed by atoms with E-state index in [0.29, 0.717) is 6.10 Å². The molecule has 0 N–H and O–H groups in total. The van der Waals surface area contributed by atoms with Crippen molar-refractivity contribution in [3.63, 3.8) is 0 Å². The second-order valence-electron chi connectivity index (χ2n) is 4.73. The van der Waals surface area contributed by atoms with E-state index < -0.39 is 0 Å². The minimum atomic E-state index is 0.106. The van der Waals surface area contributed by atoms with Crippen molar-refractivity contribution in [2.75, 3.05) is 6.61 Å². The third-order valence-corrected chi connectivity index (χ3v) is 3.50. The van der Waals surface area contributed by atoms with Gasteiger partial charge in [0.05, 0.1) is 6.10 Å². The first-order valence-corrected chi connectivity index (χ1v) is 6.13. The summed E-state index contributed by atoms with van der Waals surface area (Å²) < 4.78 is 11.6. The lowest BCUT2D eigenvalue weighted by molar-refractivity contribution is -0.202. The lowest BCUT2D eigenvalue weighted by Crippen LogP contribution is -2.33. The summed E-state index contributed by atoms with van der Waals surface area (Å²) in [4.78, 5) is 0. The average Bonchev–Trinajstić information content (AvgIpc) is 2.23. The molecule has 2 aliphatic rings. The molecule has 2 nitrogen and oxygen atoms in total. The second kappa shape index (κ2) is 5.13. The van der Waals surface area contributed by atoms with Crippen LogP contribution in [0, 0.1) is 5.92 Å². The van der Waals surface area contributed by atoms with Crippen molar-refractivity contribution in [2.24, 2.45) is 5.92 Å². The molecule has 1 aliphatic carbocycles. The van der Waals surface area contributed by atoms with Gasteiger partial charge < -0.3 is 9.47 Å². The molecule has 0 aromatic carbocycles. The quantitative estimate of drug-likeness (QED) is 0.678. The van der Waals surface area contributed by atoms with E-state index in [9.17, 15) is 0 Å². The fourth-order valence-corrected chi connectivity index (χ4v) is 2.50. The molecule has 0 aromatic heterocycles. The molecule has 3 unspecified atom stereocenters. The van der Waals surface area contributed by atoms with Crippen molar-refractivity contribution in [1.29, 1.82) is 0 Å². The lowest BCUT2D eigenvalue weighted by atomic mass is 9.88. The van der Waals surface area contributed by atoms with E-state index in [-0.39, 0.29) is 6.29 Å². The van der Waals surface area contributed by atoms with Crippen LogP contribution in [0.3, 0.4) is 0 Å². The third kappa shape index (κ3) is 2.71. The second-order valence-corrected chi connectivity index (χ2v) is 4.73. The topological polar surface area (TPSA) is 18.5 Å². The van der Waals surface area contributed by atoms with E-state index in [1.54, 1.807) is 0 Å². The molecule has 0 bridgehead atoms. The van der Waals surface area contributed by atoms with Gasteiger partial charge in [0.1, 0.15) is 0 Å². The average molecular weight is 198 g/mol. The van der Waals surface area contributed by atoms with Crippen LogP contribution in [0.1, 0.15) is 51.9 Å². The van der Waals surface area contributed by atoms with Crippen LogP contribution in [-0.4, -0.2) is 19.0 Å². The Hall–Kier alpha value is -0.0800. The van der Waals surface area contributed by atoms with Crippen LogP contribution in [0.25, 0.3) is 0 Å². The molecule has 0 spiro atoms. The van der Waals surface area contributed by atoms with Crippen LogP contribution >= 0.6 is 0 Å². The summed E-state index contributed by atoms with van der Waals surface area (Å²) in [6.07, 6.45) is 9.43. The molecule has 0 amide bonds. The Morgan fingerprint density at radius 3 is 2.50 bits per heavy atom. The largest absolute Gasteiger partial charge is 0.353 e. The predicted molar refractivity (Wildman–Crippen MR) is 56.1 cm³/mol. The molecule has 1 saturated heterocycles. The Morgan fingerprint density at radius 2 is 1.79 bits per heavy atom. The number of hydrogen-bond donors (Lipinski definition) is 0. The Bertz CT molecular complexity index is 164. The van der Waals surface area contributed by atoms with Crippen molar-refractivity contribution < 1.29 is 9.47 Å². The number of ether oxygens (including phenoxy) is 2. The maximum absolute atomic E-state index is 6.02. The summed E-state index contributed by atoms with van der Waals surface area (Å²) in [5, 5.41) is 0. The van der Waals surface area contributed by atoms with Gasteiger partial charge in [0.25, 0.3) is 0 Å². The van der Waals surface area contributed by atoms with Gasteiger partial charge in [-0.25, -0.2) is 0 Å². The Kier molecular flexibility index (Phi) is 3.82. The van der Waals surface area contributed by atoms with Crippen molar-refractivity contribution in [2.45, 2.75) is 64.3 Å². The molecule has 1 aliphatic heterocycles. The van der Waals surface area contributed by atoms with Gasteiger partial charge in [-0.05, 0) is 38.0 Å². The summed E-state index contributed by atoms with van der Waals surface area (Å²) in [7, 11) is 0. The summed E-state index contributed by atoms with van der Waals surface area (Å²) in [6, 6.07) is 0. The van der Waals surface area contributed by atoms with Crippen molar-refractivity contribution in [3.05, 3.63) is 0 Å². The van der Waals surface area contributed by atoms with Crippen LogP contribution in [0.5, 0.6) is 0 Å². The molecule has 82 valence electrons. The highest BCUT2D eigenvalue weighted by atomic mass is 16.7. The Labute approximate surface area is 87.0 Å². The fourth-order valence-electron chi connectivity index (χ4n) is 2.50. The van der Waals surface area contributed by atoms with E-state index in [0.717, 1.165) is 18.9 Å². The summed E-state index contributed by atoms with van der Waals surface area (Å²) >= 11 is 0. The first-order valence-electron chi connectivity index (χ1n) is 6.13. The molecule has 1 heterocycles. The van der Waals surface area contributed by atoms with Gasteiger partial charge in [0.15, 0.2) is 6.29 Å². The SMILES string of the molecule is CC1CCCCC1OC1CCCCO1. The third-order valence-electron chi connectivity index (χ3n) is 3.50. The van der Waals surface area contributed by atoms with E-state index >= 15 is 0 Å². The molecule has 3 atom stereocenters. The van der Waals surface area contributed by atoms with Crippen molar-refractivity contribution in [1.82, 2.24) is 0 Å². The smallest absolute Gasteiger partial charge is 0.157 e. The highest BCUT2D eigenvalue weighted by molar-refractivity contribution is 4.73. The van der Waals surface area contributed by atoms with Gasteiger partial charge in [-0.2, -0.15) is 0 Å². The zero-order chi connectivity index (χ0) is 9.80. The van der Waals surface area contributed by atoms with Crippen LogP contribution in [-0.2, 0) is 9.47 Å². The molecular weight excluding hydrogens is 176 g/mol. The number of rotatable bonds is 2. The first-order chi connectivity index (χ1) is 6.86. The van der Waals surface area contributed by atoms with Gasteiger partial charge in [-0.15, -0.1) is 0 Å². The van der Waals surface area contributed by atoms with E-state index in [2.05, 4.69) is 6.92 Å². The predicted octanol–water partition coefficient (Wildman–Crippen LogP) is 3.11. The lowest BCUT2D eigenvalue weighted by Gasteiger charge is -2.33. The van der Waals surface area contributed by atoms with Gasteiger partial charge in [-0.1, -0.05) is 19.8 Å². The molecule has 2 fully saturated rings. The zero-order valence-corrected chi connectivity index (χ0v) is 9.21. The molecular formula is C12H22O2. The van der Waals surface area contributed by atoms with Crippen LogP contribution in [0.4, 0.5) is 0 Å². The number of hydrogen-bond acceptors (Lipinski definition) is 2. The summed E-state index contributed by atoms with van der Waals surface area (Å²) in [5.74, 6) is 0.731. The van der Waals surface area contributed by atoms with Crippen LogP contribution in [0.2, 0.25) is 0 Å². The monoisotopic (exact) mass is 198 g/mol. The standard InChI is InChI=1S/C12H22O2/c1-10-6-2-3-7-11(10)14-12-8-4-5-9-13-12/h10-12H,2-9H2,1H3. The Balaban J connectivity index is 1.76. The molecule has 14 heavy (non-hydrogen) atoms. The maximum Gasteiger partial charge on any atom is 0.157 e. The molecule has 2 rings (SSSR count). The van der Waals surface area contributed by atoms with Gasteiger partial charge >= 0.3 is 0 Å². The fraction of sp³-hybridized carbons (Fsp3) is 1.00. The normalized spacial score (nSPS) is 39.6. The van der Waals surface area contributed by atoms with Crippen LogP contribution < -0.4 is 0 Å². The van der Waals surface area contributed by atoms with E-state index in [4.69, 9.17) is 9.47 Å². The van der Waals surface area contributed by atoms with Gasteiger partial charge in [-0.3, -0.25) is 0 Å². The van der Waals surface area contributed by atoms with E-state index in [1.807, 2.05) is 0 Å². The molecule has 2 heteroatoms. The van der Waals surface area contributed by atoms with Gasteiger partial charge in [0.2, 0.25) is 0 Å². The van der Waals surface area contributed by atoms with E-state index in [1.165, 1.54) is 38.5 Å². The zero-order valence-electron chi connectivity index (χ0n) is 9.21. The minimum absolute atomic E-state index is 0.106. The van der Waals surface area contributed by atoms with Crippen molar-refractivity contribution >= 4 is 0 Å². The highest BCUT2D eigenvalue weighted by Crippen LogP contribution is 2.28. The molecule has 1 saturated carbocycles. The highest BCUT2D eigenvalue weighted by Gasteiger charge is 2.26. The maximum atomic E-state index is 6.02. The summed E-state index contributed by atoms with van der Waals surface area (Å²) in [5.41, 5.74) is 0.